The van der Waals surface area contributed by atoms with Gasteiger partial charge in [-0.2, -0.15) is 0 Å². The molecule has 1 N–H and O–H groups in total. The Morgan fingerprint density at radius 2 is 1.76 bits per heavy atom. The Balaban J connectivity index is 1.49. The van der Waals surface area contributed by atoms with Crippen molar-refractivity contribution in [2.24, 2.45) is 0 Å². The smallest absolute Gasteiger partial charge is 0.224 e. The lowest BCUT2D eigenvalue weighted by Crippen LogP contribution is -2.35. The lowest BCUT2D eigenvalue weighted by molar-refractivity contribution is -0.120. The SMILES string of the molecule is O=C(Cc1ccc(F)cc1)NCc1cccc(CN2CCOCC2)c1. The van der Waals surface area contributed by atoms with Crippen molar-refractivity contribution >= 4 is 5.91 Å². The van der Waals surface area contributed by atoms with Crippen LogP contribution in [0, 0.1) is 5.82 Å². The van der Waals surface area contributed by atoms with Gasteiger partial charge < -0.3 is 10.1 Å². The zero-order valence-corrected chi connectivity index (χ0v) is 14.2. The maximum atomic E-state index is 12.9. The molecular weight excluding hydrogens is 319 g/mol. The molecular formula is C20H23FN2O2. The summed E-state index contributed by atoms with van der Waals surface area (Å²) >= 11 is 0. The Labute approximate surface area is 147 Å². The Morgan fingerprint density at radius 3 is 2.52 bits per heavy atom. The first-order valence-electron chi connectivity index (χ1n) is 8.58. The minimum absolute atomic E-state index is 0.0646. The highest BCUT2D eigenvalue weighted by molar-refractivity contribution is 5.78. The van der Waals surface area contributed by atoms with Gasteiger partial charge in [0.05, 0.1) is 19.6 Å². The van der Waals surface area contributed by atoms with Crippen LogP contribution in [0.3, 0.4) is 0 Å². The van der Waals surface area contributed by atoms with E-state index in [1.165, 1.54) is 17.7 Å². The molecule has 3 rings (SSSR count). The second-order valence-corrected chi connectivity index (χ2v) is 6.29. The summed E-state index contributed by atoms with van der Waals surface area (Å²) in [6, 6.07) is 14.3. The fourth-order valence-corrected chi connectivity index (χ4v) is 2.91. The van der Waals surface area contributed by atoms with E-state index in [0.29, 0.717) is 6.54 Å². The third kappa shape index (κ3) is 5.66. The number of hydrogen-bond donors (Lipinski definition) is 1. The number of rotatable bonds is 6. The molecule has 132 valence electrons. The fraction of sp³-hybridized carbons (Fsp3) is 0.350. The van der Waals surface area contributed by atoms with Crippen molar-refractivity contribution in [1.82, 2.24) is 10.2 Å². The summed E-state index contributed by atoms with van der Waals surface area (Å²) in [5, 5.41) is 2.93. The van der Waals surface area contributed by atoms with E-state index < -0.39 is 0 Å². The van der Waals surface area contributed by atoms with E-state index in [9.17, 15) is 9.18 Å². The number of benzene rings is 2. The molecule has 25 heavy (non-hydrogen) atoms. The van der Waals surface area contributed by atoms with Gasteiger partial charge in [0, 0.05) is 26.2 Å². The van der Waals surface area contributed by atoms with Crippen molar-refractivity contribution in [3.63, 3.8) is 0 Å². The van der Waals surface area contributed by atoms with Crippen molar-refractivity contribution in [3.05, 3.63) is 71.0 Å². The molecule has 1 saturated heterocycles. The topological polar surface area (TPSA) is 41.6 Å². The van der Waals surface area contributed by atoms with Gasteiger partial charge in [-0.25, -0.2) is 4.39 Å². The number of carbonyl (C=O) groups is 1. The van der Waals surface area contributed by atoms with E-state index in [0.717, 1.165) is 44.0 Å². The molecule has 1 aliphatic heterocycles. The summed E-state index contributed by atoms with van der Waals surface area (Å²) in [7, 11) is 0. The van der Waals surface area contributed by atoms with Gasteiger partial charge in [0.2, 0.25) is 5.91 Å². The molecule has 5 heteroatoms. The first-order chi connectivity index (χ1) is 12.2. The van der Waals surface area contributed by atoms with E-state index in [4.69, 9.17) is 4.74 Å². The van der Waals surface area contributed by atoms with Crippen LogP contribution in [0.15, 0.2) is 48.5 Å². The molecule has 0 aromatic heterocycles. The Bertz CT molecular complexity index is 697. The van der Waals surface area contributed by atoms with Crippen molar-refractivity contribution in [2.75, 3.05) is 26.3 Å². The highest BCUT2D eigenvalue weighted by atomic mass is 19.1. The van der Waals surface area contributed by atoms with Gasteiger partial charge in [-0.15, -0.1) is 0 Å². The second kappa shape index (κ2) is 8.74. The van der Waals surface area contributed by atoms with Gasteiger partial charge in [-0.3, -0.25) is 9.69 Å². The van der Waals surface area contributed by atoms with Crippen LogP contribution in [0.5, 0.6) is 0 Å². The summed E-state index contributed by atoms with van der Waals surface area (Å²) in [5.41, 5.74) is 3.13. The minimum atomic E-state index is -0.291. The predicted molar refractivity (Wildman–Crippen MR) is 94.5 cm³/mol. The van der Waals surface area contributed by atoms with E-state index in [1.807, 2.05) is 12.1 Å². The van der Waals surface area contributed by atoms with Gasteiger partial charge in [0.1, 0.15) is 5.82 Å². The van der Waals surface area contributed by atoms with Crippen LogP contribution >= 0.6 is 0 Å². The Morgan fingerprint density at radius 1 is 1.04 bits per heavy atom. The number of nitrogens with zero attached hydrogens (tertiary/aromatic N) is 1. The molecule has 0 bridgehead atoms. The van der Waals surface area contributed by atoms with E-state index >= 15 is 0 Å². The zero-order valence-electron chi connectivity index (χ0n) is 14.2. The third-order valence-electron chi connectivity index (χ3n) is 4.27. The molecule has 2 aromatic carbocycles. The maximum absolute atomic E-state index is 12.9. The molecule has 0 radical (unpaired) electrons. The summed E-state index contributed by atoms with van der Waals surface area (Å²) < 4.78 is 18.3. The van der Waals surface area contributed by atoms with Crippen LogP contribution in [0.25, 0.3) is 0 Å². The van der Waals surface area contributed by atoms with Gasteiger partial charge in [-0.1, -0.05) is 36.4 Å². The monoisotopic (exact) mass is 342 g/mol. The molecule has 2 aromatic rings. The zero-order chi connectivity index (χ0) is 17.5. The van der Waals surface area contributed by atoms with Crippen LogP contribution in [0.2, 0.25) is 0 Å². The summed E-state index contributed by atoms with van der Waals surface area (Å²) in [6.45, 7) is 4.90. The standard InChI is InChI=1S/C20H23FN2O2/c21-19-6-4-16(5-7-19)13-20(24)22-14-17-2-1-3-18(12-17)15-23-8-10-25-11-9-23/h1-7,12H,8-11,13-15H2,(H,22,24). The second-order valence-electron chi connectivity index (χ2n) is 6.29. The average molecular weight is 342 g/mol. The lowest BCUT2D eigenvalue weighted by atomic mass is 10.1. The van der Waals surface area contributed by atoms with Crippen LogP contribution in [-0.2, 0) is 29.0 Å². The number of amides is 1. The van der Waals surface area contributed by atoms with E-state index in [1.54, 1.807) is 12.1 Å². The van der Waals surface area contributed by atoms with Crippen LogP contribution in [0.1, 0.15) is 16.7 Å². The highest BCUT2D eigenvalue weighted by Crippen LogP contribution is 2.10. The summed E-state index contributed by atoms with van der Waals surface area (Å²) in [4.78, 5) is 14.4. The average Bonchev–Trinajstić information content (AvgIpc) is 2.63. The molecule has 1 heterocycles. The molecule has 0 spiro atoms. The molecule has 0 atom stereocenters. The molecule has 0 aliphatic carbocycles. The van der Waals surface area contributed by atoms with Crippen molar-refractivity contribution in [1.29, 1.82) is 0 Å². The van der Waals surface area contributed by atoms with E-state index in [2.05, 4.69) is 22.3 Å². The van der Waals surface area contributed by atoms with Crippen molar-refractivity contribution < 1.29 is 13.9 Å². The van der Waals surface area contributed by atoms with Gasteiger partial charge in [0.25, 0.3) is 0 Å². The van der Waals surface area contributed by atoms with Crippen molar-refractivity contribution in [2.45, 2.75) is 19.5 Å². The third-order valence-corrected chi connectivity index (χ3v) is 4.27. The number of carbonyl (C=O) groups excluding carboxylic acids is 1. The molecule has 1 amide bonds. The number of halogens is 1. The minimum Gasteiger partial charge on any atom is -0.379 e. The van der Waals surface area contributed by atoms with Crippen molar-refractivity contribution in [3.8, 4) is 0 Å². The van der Waals surface area contributed by atoms with E-state index in [-0.39, 0.29) is 18.1 Å². The van der Waals surface area contributed by atoms with Gasteiger partial charge >= 0.3 is 0 Å². The Kier molecular flexibility index (Phi) is 6.14. The summed E-state index contributed by atoms with van der Waals surface area (Å²) in [6.07, 6.45) is 0.258. The highest BCUT2D eigenvalue weighted by Gasteiger charge is 2.11. The molecule has 1 fully saturated rings. The number of hydrogen-bond acceptors (Lipinski definition) is 3. The molecule has 0 saturated carbocycles. The first-order valence-corrected chi connectivity index (χ1v) is 8.58. The number of ether oxygens (including phenoxy) is 1. The lowest BCUT2D eigenvalue weighted by Gasteiger charge is -2.26. The van der Waals surface area contributed by atoms with Crippen LogP contribution in [0.4, 0.5) is 4.39 Å². The van der Waals surface area contributed by atoms with Gasteiger partial charge in [0.15, 0.2) is 0 Å². The number of nitrogens with one attached hydrogen (secondary N) is 1. The molecule has 1 aliphatic rings. The summed E-state index contributed by atoms with van der Waals surface area (Å²) in [5.74, 6) is -0.355. The van der Waals surface area contributed by atoms with Gasteiger partial charge in [-0.05, 0) is 28.8 Å². The normalized spacial score (nSPS) is 15.1. The maximum Gasteiger partial charge on any atom is 0.224 e. The quantitative estimate of drug-likeness (QED) is 0.877. The molecule has 4 nitrogen and oxygen atoms in total. The Hall–Kier alpha value is -2.24. The first kappa shape index (κ1) is 17.6. The number of morpholine rings is 1. The molecule has 0 unspecified atom stereocenters. The largest absolute Gasteiger partial charge is 0.379 e. The van der Waals surface area contributed by atoms with Crippen LogP contribution in [-0.4, -0.2) is 37.1 Å². The predicted octanol–water partition coefficient (Wildman–Crippen LogP) is 2.52. The van der Waals surface area contributed by atoms with Crippen LogP contribution < -0.4 is 5.32 Å². The fourth-order valence-electron chi connectivity index (χ4n) is 2.91.